The summed E-state index contributed by atoms with van der Waals surface area (Å²) in [6.45, 7) is 3.52. The number of barbiturate groups is 1. The molecule has 1 saturated heterocycles. The topological polar surface area (TPSA) is 66.5 Å². The van der Waals surface area contributed by atoms with Gasteiger partial charge in [0.15, 0.2) is 0 Å². The van der Waals surface area contributed by atoms with Gasteiger partial charge < -0.3 is 0 Å². The summed E-state index contributed by atoms with van der Waals surface area (Å²) >= 11 is 0. The van der Waals surface area contributed by atoms with Gasteiger partial charge in [-0.05, 0) is 0 Å². The van der Waals surface area contributed by atoms with Crippen molar-refractivity contribution in [3.63, 3.8) is 0 Å². The Morgan fingerprint density at radius 1 is 1.50 bits per heavy atom. The van der Waals surface area contributed by atoms with E-state index in [2.05, 4.69) is 6.58 Å². The quantitative estimate of drug-likeness (QED) is 0.452. The van der Waals surface area contributed by atoms with Crippen molar-refractivity contribution in [2.45, 2.75) is 6.42 Å². The summed E-state index contributed by atoms with van der Waals surface area (Å²) in [4.78, 5) is 33.5. The van der Waals surface area contributed by atoms with Gasteiger partial charge in [-0.1, -0.05) is 6.08 Å². The van der Waals surface area contributed by atoms with E-state index in [1.54, 1.807) is 0 Å². The smallest absolute Gasteiger partial charge is 0.277 e. The van der Waals surface area contributed by atoms with Crippen LogP contribution in [0.15, 0.2) is 12.7 Å². The molecule has 0 aromatic rings. The maximum Gasteiger partial charge on any atom is 0.331 e. The van der Waals surface area contributed by atoms with E-state index in [1.165, 1.54) is 6.08 Å². The summed E-state index contributed by atoms with van der Waals surface area (Å²) in [5.74, 6) is -1.03. The highest BCUT2D eigenvalue weighted by Gasteiger charge is 2.29. The predicted octanol–water partition coefficient (Wildman–Crippen LogP) is -0.359. The molecule has 0 spiro atoms. The summed E-state index contributed by atoms with van der Waals surface area (Å²) in [5.41, 5.74) is 0. The lowest BCUT2D eigenvalue weighted by atomic mass is 10.3. The third-order valence-electron chi connectivity index (χ3n) is 1.42. The van der Waals surface area contributed by atoms with Gasteiger partial charge in [0.1, 0.15) is 6.42 Å². The van der Waals surface area contributed by atoms with Crippen molar-refractivity contribution in [2.75, 3.05) is 6.54 Å². The lowest BCUT2D eigenvalue weighted by Gasteiger charge is -2.22. The SMILES string of the molecule is C=CCN1C(=O)CC(=O)NC1=O. The summed E-state index contributed by atoms with van der Waals surface area (Å²) in [5, 5.41) is 2.02. The molecule has 0 atom stereocenters. The van der Waals surface area contributed by atoms with Gasteiger partial charge in [0.2, 0.25) is 11.8 Å². The molecule has 5 nitrogen and oxygen atoms in total. The summed E-state index contributed by atoms with van der Waals surface area (Å²) in [7, 11) is 0. The van der Waals surface area contributed by atoms with Crippen LogP contribution in [0.5, 0.6) is 0 Å². The van der Waals surface area contributed by atoms with Crippen LogP contribution in [0.25, 0.3) is 0 Å². The van der Waals surface area contributed by atoms with Crippen LogP contribution >= 0.6 is 0 Å². The minimum absolute atomic E-state index is 0.137. The fourth-order valence-corrected chi connectivity index (χ4v) is 0.891. The molecule has 0 aromatic carbocycles. The number of imide groups is 2. The van der Waals surface area contributed by atoms with Gasteiger partial charge in [0.05, 0.1) is 0 Å². The molecule has 0 saturated carbocycles. The number of urea groups is 1. The molecule has 64 valence electrons. The highest BCUT2D eigenvalue weighted by atomic mass is 16.2. The first-order valence-corrected chi connectivity index (χ1v) is 3.40. The third-order valence-corrected chi connectivity index (χ3v) is 1.42. The van der Waals surface area contributed by atoms with Crippen LogP contribution in [-0.4, -0.2) is 29.3 Å². The van der Waals surface area contributed by atoms with Crippen LogP contribution in [-0.2, 0) is 9.59 Å². The second-order valence-corrected chi connectivity index (χ2v) is 2.32. The minimum Gasteiger partial charge on any atom is -0.277 e. The number of rotatable bonds is 2. The van der Waals surface area contributed by atoms with Gasteiger partial charge in [-0.15, -0.1) is 6.58 Å². The van der Waals surface area contributed by atoms with Crippen molar-refractivity contribution >= 4 is 17.8 Å². The Morgan fingerprint density at radius 3 is 2.67 bits per heavy atom. The van der Waals surface area contributed by atoms with Gasteiger partial charge in [-0.2, -0.15) is 0 Å². The van der Waals surface area contributed by atoms with E-state index in [0.717, 1.165) is 4.90 Å². The maximum atomic E-state index is 11.0. The highest BCUT2D eigenvalue weighted by molar-refractivity contribution is 6.14. The average molecular weight is 168 g/mol. The molecule has 0 bridgehead atoms. The summed E-state index contributed by atoms with van der Waals surface area (Å²) in [6, 6.07) is -0.670. The van der Waals surface area contributed by atoms with Gasteiger partial charge in [0, 0.05) is 6.54 Å². The Labute approximate surface area is 69.0 Å². The van der Waals surface area contributed by atoms with Crippen LogP contribution in [0, 0.1) is 0 Å². The number of hydrogen-bond donors (Lipinski definition) is 1. The molecule has 0 radical (unpaired) electrons. The van der Waals surface area contributed by atoms with E-state index in [1.807, 2.05) is 5.32 Å². The largest absolute Gasteiger partial charge is 0.331 e. The normalized spacial score (nSPS) is 17.7. The summed E-state index contributed by atoms with van der Waals surface area (Å²) in [6.07, 6.45) is 1.16. The number of nitrogens with zero attached hydrogens (tertiary/aromatic N) is 1. The molecule has 0 aliphatic carbocycles. The molecule has 1 fully saturated rings. The molecule has 12 heavy (non-hydrogen) atoms. The lowest BCUT2D eigenvalue weighted by Crippen LogP contribution is -2.52. The molecule has 1 aliphatic heterocycles. The number of amides is 4. The Hall–Kier alpha value is -1.65. The van der Waals surface area contributed by atoms with E-state index >= 15 is 0 Å². The zero-order chi connectivity index (χ0) is 9.14. The van der Waals surface area contributed by atoms with E-state index in [9.17, 15) is 14.4 Å². The molecule has 4 amide bonds. The van der Waals surface area contributed by atoms with Crippen LogP contribution in [0.1, 0.15) is 6.42 Å². The lowest BCUT2D eigenvalue weighted by molar-refractivity contribution is -0.135. The molecule has 0 unspecified atom stereocenters. The van der Waals surface area contributed by atoms with Crippen LogP contribution < -0.4 is 5.32 Å². The molecule has 1 heterocycles. The monoisotopic (exact) mass is 168 g/mol. The Balaban J connectivity index is 2.73. The predicted molar refractivity (Wildman–Crippen MR) is 40.1 cm³/mol. The Kier molecular flexibility index (Phi) is 2.23. The van der Waals surface area contributed by atoms with E-state index < -0.39 is 17.8 Å². The van der Waals surface area contributed by atoms with E-state index in [0.29, 0.717) is 0 Å². The van der Waals surface area contributed by atoms with Crippen LogP contribution in [0.2, 0.25) is 0 Å². The van der Waals surface area contributed by atoms with Gasteiger partial charge in [0.25, 0.3) is 0 Å². The fraction of sp³-hybridized carbons (Fsp3) is 0.286. The first-order chi connectivity index (χ1) is 5.65. The number of hydrogen-bond acceptors (Lipinski definition) is 3. The molecule has 1 aliphatic rings. The highest BCUT2D eigenvalue weighted by Crippen LogP contribution is 2.01. The first-order valence-electron chi connectivity index (χ1n) is 3.40. The first kappa shape index (κ1) is 8.45. The van der Waals surface area contributed by atoms with Crippen LogP contribution in [0.4, 0.5) is 4.79 Å². The minimum atomic E-state index is -0.670. The van der Waals surface area contributed by atoms with E-state index in [4.69, 9.17) is 0 Å². The zero-order valence-electron chi connectivity index (χ0n) is 6.37. The number of carbonyl (C=O) groups is 3. The molecule has 0 aromatic heterocycles. The Bertz CT molecular complexity index is 239. The van der Waals surface area contributed by atoms with Gasteiger partial charge >= 0.3 is 6.03 Å². The Morgan fingerprint density at radius 2 is 2.17 bits per heavy atom. The second-order valence-electron chi connectivity index (χ2n) is 2.32. The van der Waals surface area contributed by atoms with Crippen molar-refractivity contribution in [3.05, 3.63) is 12.7 Å². The van der Waals surface area contributed by atoms with Crippen molar-refractivity contribution in [3.8, 4) is 0 Å². The van der Waals surface area contributed by atoms with Crippen molar-refractivity contribution < 1.29 is 14.4 Å². The van der Waals surface area contributed by atoms with Crippen molar-refractivity contribution in [2.24, 2.45) is 0 Å². The van der Waals surface area contributed by atoms with Crippen molar-refractivity contribution in [1.82, 2.24) is 10.2 Å². The molecule has 1 rings (SSSR count). The number of carbonyl (C=O) groups excluding carboxylic acids is 3. The zero-order valence-corrected chi connectivity index (χ0v) is 6.37. The van der Waals surface area contributed by atoms with Gasteiger partial charge in [-0.25, -0.2) is 4.79 Å². The third kappa shape index (κ3) is 1.50. The number of nitrogens with one attached hydrogen (secondary N) is 1. The fourth-order valence-electron chi connectivity index (χ4n) is 0.891. The van der Waals surface area contributed by atoms with E-state index in [-0.39, 0.29) is 13.0 Å². The van der Waals surface area contributed by atoms with Crippen LogP contribution in [0.3, 0.4) is 0 Å². The molecular formula is C7H8N2O3. The molecular weight excluding hydrogens is 160 g/mol. The maximum absolute atomic E-state index is 11.0. The molecule has 1 N–H and O–H groups in total. The van der Waals surface area contributed by atoms with Crippen molar-refractivity contribution in [1.29, 1.82) is 0 Å². The average Bonchev–Trinajstić information content (AvgIpc) is 1.96. The standard InChI is InChI=1S/C7H8N2O3/c1-2-3-9-6(11)4-5(10)8-7(9)12/h2H,1,3-4H2,(H,8,10,12). The van der Waals surface area contributed by atoms with Gasteiger partial charge in [-0.3, -0.25) is 19.8 Å². The second kappa shape index (κ2) is 3.17. The summed E-state index contributed by atoms with van der Waals surface area (Å²) < 4.78 is 0. The molecule has 5 heteroatoms.